The highest BCUT2D eigenvalue weighted by Gasteiger charge is 2.08. The number of benzene rings is 1. The predicted molar refractivity (Wildman–Crippen MR) is 68.9 cm³/mol. The number of aliphatic hydroxyl groups is 1. The van der Waals surface area contributed by atoms with E-state index in [1.807, 2.05) is 6.92 Å². The van der Waals surface area contributed by atoms with Gasteiger partial charge in [0.15, 0.2) is 0 Å². The van der Waals surface area contributed by atoms with Gasteiger partial charge in [-0.2, -0.15) is 0 Å². The van der Waals surface area contributed by atoms with Gasteiger partial charge in [0.05, 0.1) is 6.10 Å². The molecule has 0 saturated heterocycles. The Morgan fingerprint density at radius 1 is 1.41 bits per heavy atom. The Morgan fingerprint density at radius 3 is 2.65 bits per heavy atom. The van der Waals surface area contributed by atoms with Gasteiger partial charge in [-0.3, -0.25) is 4.79 Å². The molecule has 0 aliphatic heterocycles. The molecule has 0 bridgehead atoms. The molecule has 1 unspecified atom stereocenters. The summed E-state index contributed by atoms with van der Waals surface area (Å²) in [4.78, 5) is 11.2. The summed E-state index contributed by atoms with van der Waals surface area (Å²) >= 11 is 5.76. The van der Waals surface area contributed by atoms with Crippen LogP contribution in [-0.2, 0) is 4.79 Å². The van der Waals surface area contributed by atoms with Crippen LogP contribution in [0.25, 0.3) is 0 Å². The molecule has 0 radical (unpaired) electrons. The lowest BCUT2D eigenvalue weighted by Crippen LogP contribution is -2.22. The van der Waals surface area contributed by atoms with E-state index in [1.54, 1.807) is 24.3 Å². The number of hydrogen-bond acceptors (Lipinski definition) is 2. The average Bonchev–Trinajstić information content (AvgIpc) is 2.30. The normalized spacial score (nSPS) is 12.2. The molecule has 3 nitrogen and oxygen atoms in total. The lowest BCUT2D eigenvalue weighted by Gasteiger charge is -2.10. The van der Waals surface area contributed by atoms with Crippen molar-refractivity contribution in [2.75, 3.05) is 6.54 Å². The average molecular weight is 256 g/mol. The molecule has 94 valence electrons. The smallest absolute Gasteiger partial charge is 0.219 e. The molecule has 1 atom stereocenters. The Morgan fingerprint density at radius 2 is 2.06 bits per heavy atom. The Balaban J connectivity index is 2.32. The van der Waals surface area contributed by atoms with Crippen LogP contribution in [0.1, 0.15) is 37.9 Å². The summed E-state index contributed by atoms with van der Waals surface area (Å²) < 4.78 is 0. The summed E-state index contributed by atoms with van der Waals surface area (Å²) in [5.41, 5.74) is 0.838. The van der Waals surface area contributed by atoms with Gasteiger partial charge in [0, 0.05) is 18.0 Å². The van der Waals surface area contributed by atoms with Crippen LogP contribution in [0.15, 0.2) is 24.3 Å². The molecule has 2 N–H and O–H groups in total. The van der Waals surface area contributed by atoms with Gasteiger partial charge in [-0.25, -0.2) is 0 Å². The van der Waals surface area contributed by atoms with Crippen LogP contribution in [0.2, 0.25) is 5.02 Å². The van der Waals surface area contributed by atoms with Gasteiger partial charge in [-0.15, -0.1) is 0 Å². The van der Waals surface area contributed by atoms with Crippen LogP contribution in [0, 0.1) is 0 Å². The van der Waals surface area contributed by atoms with E-state index in [0.717, 1.165) is 5.56 Å². The van der Waals surface area contributed by atoms with Gasteiger partial charge < -0.3 is 10.4 Å². The van der Waals surface area contributed by atoms with Crippen LogP contribution in [0.3, 0.4) is 0 Å². The van der Waals surface area contributed by atoms with Crippen LogP contribution in [0.4, 0.5) is 0 Å². The van der Waals surface area contributed by atoms with Gasteiger partial charge in [-0.1, -0.05) is 23.7 Å². The van der Waals surface area contributed by atoms with Gasteiger partial charge in [0.2, 0.25) is 5.91 Å². The van der Waals surface area contributed by atoms with Crippen molar-refractivity contribution in [2.24, 2.45) is 0 Å². The highest BCUT2D eigenvalue weighted by Crippen LogP contribution is 2.20. The topological polar surface area (TPSA) is 49.3 Å². The quantitative estimate of drug-likeness (QED) is 0.821. The molecule has 0 fully saturated rings. The van der Waals surface area contributed by atoms with E-state index in [2.05, 4.69) is 5.32 Å². The van der Waals surface area contributed by atoms with Crippen molar-refractivity contribution >= 4 is 17.5 Å². The molecule has 0 aliphatic rings. The molecule has 17 heavy (non-hydrogen) atoms. The SMILES string of the molecule is CCNC(=O)CCCC(O)c1ccc(Cl)cc1. The Labute approximate surface area is 107 Å². The molecule has 1 aromatic rings. The minimum atomic E-state index is -0.526. The molecule has 1 amide bonds. The maximum absolute atomic E-state index is 11.2. The van der Waals surface area contributed by atoms with Crippen LogP contribution in [-0.4, -0.2) is 17.6 Å². The summed E-state index contributed by atoms with van der Waals surface area (Å²) in [5, 5.41) is 13.3. The van der Waals surface area contributed by atoms with Gasteiger partial charge in [-0.05, 0) is 37.5 Å². The minimum absolute atomic E-state index is 0.0378. The zero-order valence-corrected chi connectivity index (χ0v) is 10.7. The number of halogens is 1. The van der Waals surface area contributed by atoms with Crippen molar-refractivity contribution in [3.05, 3.63) is 34.9 Å². The van der Waals surface area contributed by atoms with E-state index in [4.69, 9.17) is 11.6 Å². The third kappa shape index (κ3) is 5.20. The van der Waals surface area contributed by atoms with Gasteiger partial charge >= 0.3 is 0 Å². The highest BCUT2D eigenvalue weighted by molar-refractivity contribution is 6.30. The molecule has 1 aromatic carbocycles. The third-order valence-corrected chi connectivity index (χ3v) is 2.76. The largest absolute Gasteiger partial charge is 0.388 e. The summed E-state index contributed by atoms with van der Waals surface area (Å²) in [6.45, 7) is 2.54. The number of carbonyl (C=O) groups is 1. The standard InChI is InChI=1S/C13H18ClNO2/c1-2-15-13(17)5-3-4-12(16)10-6-8-11(14)9-7-10/h6-9,12,16H,2-5H2,1H3,(H,15,17). The molecule has 0 saturated carbocycles. The number of amides is 1. The van der Waals surface area contributed by atoms with Crippen LogP contribution in [0.5, 0.6) is 0 Å². The molecule has 0 aliphatic carbocycles. The number of rotatable bonds is 6. The zero-order valence-electron chi connectivity index (χ0n) is 9.95. The molecule has 0 aromatic heterocycles. The Hall–Kier alpha value is -1.06. The highest BCUT2D eigenvalue weighted by atomic mass is 35.5. The molecular formula is C13H18ClNO2. The van der Waals surface area contributed by atoms with Crippen LogP contribution >= 0.6 is 11.6 Å². The predicted octanol–water partition coefficient (Wildman–Crippen LogP) is 2.68. The first-order valence-electron chi connectivity index (χ1n) is 5.83. The number of aliphatic hydroxyl groups excluding tert-OH is 1. The maximum atomic E-state index is 11.2. The summed E-state index contributed by atoms with van der Waals surface area (Å²) in [5.74, 6) is 0.0378. The molecule has 1 rings (SSSR count). The van der Waals surface area contributed by atoms with E-state index < -0.39 is 6.10 Å². The van der Waals surface area contributed by atoms with Gasteiger partial charge in [0.25, 0.3) is 0 Å². The van der Waals surface area contributed by atoms with Crippen molar-refractivity contribution in [3.63, 3.8) is 0 Å². The lowest BCUT2D eigenvalue weighted by molar-refractivity contribution is -0.121. The molecule has 0 heterocycles. The number of carbonyl (C=O) groups excluding carboxylic acids is 1. The third-order valence-electron chi connectivity index (χ3n) is 2.51. The summed E-state index contributed by atoms with van der Waals surface area (Å²) in [6.07, 6.45) is 1.19. The summed E-state index contributed by atoms with van der Waals surface area (Å²) in [7, 11) is 0. The fourth-order valence-electron chi connectivity index (χ4n) is 1.59. The fraction of sp³-hybridized carbons (Fsp3) is 0.462. The first-order valence-corrected chi connectivity index (χ1v) is 6.21. The van der Waals surface area contributed by atoms with E-state index in [0.29, 0.717) is 30.8 Å². The molecule has 4 heteroatoms. The van der Waals surface area contributed by atoms with E-state index >= 15 is 0 Å². The fourth-order valence-corrected chi connectivity index (χ4v) is 1.72. The van der Waals surface area contributed by atoms with Crippen molar-refractivity contribution in [1.82, 2.24) is 5.32 Å². The summed E-state index contributed by atoms with van der Waals surface area (Å²) in [6, 6.07) is 7.12. The van der Waals surface area contributed by atoms with E-state index in [1.165, 1.54) is 0 Å². The van der Waals surface area contributed by atoms with Gasteiger partial charge in [0.1, 0.15) is 0 Å². The van der Waals surface area contributed by atoms with E-state index in [-0.39, 0.29) is 5.91 Å². The second-order valence-corrected chi connectivity index (χ2v) is 4.35. The van der Waals surface area contributed by atoms with Crippen molar-refractivity contribution in [3.8, 4) is 0 Å². The van der Waals surface area contributed by atoms with Crippen LogP contribution < -0.4 is 5.32 Å². The maximum Gasteiger partial charge on any atom is 0.219 e. The monoisotopic (exact) mass is 255 g/mol. The second kappa shape index (κ2) is 7.30. The first kappa shape index (κ1) is 14.0. The van der Waals surface area contributed by atoms with Crippen molar-refractivity contribution in [1.29, 1.82) is 0 Å². The van der Waals surface area contributed by atoms with Crippen molar-refractivity contribution in [2.45, 2.75) is 32.3 Å². The number of nitrogens with one attached hydrogen (secondary N) is 1. The van der Waals surface area contributed by atoms with E-state index in [9.17, 15) is 9.90 Å². The first-order chi connectivity index (χ1) is 8.13. The number of hydrogen-bond donors (Lipinski definition) is 2. The lowest BCUT2D eigenvalue weighted by atomic mass is 10.0. The van der Waals surface area contributed by atoms with Crippen molar-refractivity contribution < 1.29 is 9.90 Å². The molecule has 0 spiro atoms. The zero-order chi connectivity index (χ0) is 12.7. The minimum Gasteiger partial charge on any atom is -0.388 e. The Kier molecular flexibility index (Phi) is 6.01. The Bertz CT molecular complexity index is 351. The second-order valence-electron chi connectivity index (χ2n) is 3.91. The molecular weight excluding hydrogens is 238 g/mol.